The van der Waals surface area contributed by atoms with Crippen molar-refractivity contribution in [2.75, 3.05) is 39.4 Å². The smallest absolute Gasteiger partial charge is 0.241 e. The first kappa shape index (κ1) is 13.0. The van der Waals surface area contributed by atoms with Gasteiger partial charge in [-0.25, -0.2) is 4.68 Å². The monoisotopic (exact) mass is 253 g/mol. The summed E-state index contributed by atoms with van der Waals surface area (Å²) in [4.78, 5) is 13.9. The van der Waals surface area contributed by atoms with Crippen LogP contribution in [0.1, 0.15) is 5.69 Å². The number of rotatable bonds is 5. The Balaban J connectivity index is 1.64. The Kier molecular flexibility index (Phi) is 4.66. The molecule has 7 nitrogen and oxygen atoms in total. The molecule has 2 rings (SSSR count). The molecule has 1 amide bonds. The van der Waals surface area contributed by atoms with Crippen LogP contribution in [0.4, 0.5) is 0 Å². The lowest BCUT2D eigenvalue weighted by molar-refractivity contribution is -0.122. The summed E-state index contributed by atoms with van der Waals surface area (Å²) in [6, 6.07) is 0. The van der Waals surface area contributed by atoms with Gasteiger partial charge in [-0.15, -0.1) is 5.10 Å². The lowest BCUT2D eigenvalue weighted by Gasteiger charge is -2.26. The van der Waals surface area contributed by atoms with Crippen LogP contribution in [-0.2, 0) is 16.1 Å². The van der Waals surface area contributed by atoms with Crippen molar-refractivity contribution < 1.29 is 9.53 Å². The molecular formula is C11H19N5O2. The van der Waals surface area contributed by atoms with Crippen LogP contribution in [0.25, 0.3) is 0 Å². The Morgan fingerprint density at radius 3 is 2.94 bits per heavy atom. The quantitative estimate of drug-likeness (QED) is 0.731. The van der Waals surface area contributed by atoms with Gasteiger partial charge in [0.15, 0.2) is 0 Å². The number of carbonyl (C=O) groups is 1. The van der Waals surface area contributed by atoms with E-state index < -0.39 is 0 Å². The molecule has 0 bridgehead atoms. The van der Waals surface area contributed by atoms with Crippen molar-refractivity contribution in [1.82, 2.24) is 25.2 Å². The van der Waals surface area contributed by atoms with Gasteiger partial charge in [-0.1, -0.05) is 5.21 Å². The number of amides is 1. The highest BCUT2D eigenvalue weighted by molar-refractivity contribution is 5.75. The summed E-state index contributed by atoms with van der Waals surface area (Å²) in [5, 5.41) is 10.5. The Bertz CT molecular complexity index is 387. The number of morpholine rings is 1. The predicted molar refractivity (Wildman–Crippen MR) is 65.0 cm³/mol. The highest BCUT2D eigenvalue weighted by atomic mass is 16.5. The van der Waals surface area contributed by atoms with E-state index in [0.717, 1.165) is 38.5 Å². The summed E-state index contributed by atoms with van der Waals surface area (Å²) in [6.07, 6.45) is 1.64. The van der Waals surface area contributed by atoms with E-state index in [1.165, 1.54) is 0 Å². The largest absolute Gasteiger partial charge is 0.379 e. The van der Waals surface area contributed by atoms with Gasteiger partial charge < -0.3 is 10.1 Å². The van der Waals surface area contributed by atoms with Gasteiger partial charge in [-0.05, 0) is 6.92 Å². The van der Waals surface area contributed by atoms with Crippen molar-refractivity contribution in [3.63, 3.8) is 0 Å². The summed E-state index contributed by atoms with van der Waals surface area (Å²) in [5.41, 5.74) is 0.887. The molecule has 100 valence electrons. The second kappa shape index (κ2) is 6.46. The van der Waals surface area contributed by atoms with Crippen molar-refractivity contribution >= 4 is 5.91 Å². The Morgan fingerprint density at radius 2 is 2.28 bits per heavy atom. The summed E-state index contributed by atoms with van der Waals surface area (Å²) >= 11 is 0. The van der Waals surface area contributed by atoms with Crippen LogP contribution in [-0.4, -0.2) is 65.2 Å². The SMILES string of the molecule is Cc1cnnn1CC(=O)NCCN1CCOCC1. The number of ether oxygens (including phenoxy) is 1. The maximum Gasteiger partial charge on any atom is 0.241 e. The minimum Gasteiger partial charge on any atom is -0.379 e. The van der Waals surface area contributed by atoms with Crippen molar-refractivity contribution in [2.45, 2.75) is 13.5 Å². The standard InChI is InChI=1S/C11H19N5O2/c1-10-8-13-14-16(10)9-11(17)12-2-3-15-4-6-18-7-5-15/h8H,2-7,9H2,1H3,(H,12,17). The molecule has 0 unspecified atom stereocenters. The van der Waals surface area contributed by atoms with E-state index in [0.29, 0.717) is 6.54 Å². The molecule has 0 atom stereocenters. The fraction of sp³-hybridized carbons (Fsp3) is 0.727. The molecule has 1 fully saturated rings. The number of hydrogen-bond donors (Lipinski definition) is 1. The summed E-state index contributed by atoms with van der Waals surface area (Å²) < 4.78 is 6.85. The van der Waals surface area contributed by atoms with Crippen LogP contribution in [0.2, 0.25) is 0 Å². The number of aryl methyl sites for hydroxylation is 1. The maximum atomic E-state index is 11.7. The molecule has 2 heterocycles. The van der Waals surface area contributed by atoms with E-state index in [2.05, 4.69) is 20.5 Å². The summed E-state index contributed by atoms with van der Waals surface area (Å²) in [7, 11) is 0. The van der Waals surface area contributed by atoms with E-state index in [-0.39, 0.29) is 12.5 Å². The molecule has 0 aliphatic carbocycles. The molecule has 1 aromatic heterocycles. The molecule has 0 saturated carbocycles. The average Bonchev–Trinajstić information content (AvgIpc) is 2.76. The van der Waals surface area contributed by atoms with Crippen LogP contribution in [0.15, 0.2) is 6.20 Å². The summed E-state index contributed by atoms with van der Waals surface area (Å²) in [5.74, 6) is -0.0307. The predicted octanol–water partition coefficient (Wildman–Crippen LogP) is -0.965. The van der Waals surface area contributed by atoms with Gasteiger partial charge in [-0.2, -0.15) is 0 Å². The van der Waals surface area contributed by atoms with Gasteiger partial charge in [0.1, 0.15) is 6.54 Å². The lowest BCUT2D eigenvalue weighted by atomic mass is 10.4. The number of hydrogen-bond acceptors (Lipinski definition) is 5. The first-order valence-corrected chi connectivity index (χ1v) is 6.17. The molecule has 18 heavy (non-hydrogen) atoms. The average molecular weight is 253 g/mol. The number of nitrogens with one attached hydrogen (secondary N) is 1. The third kappa shape index (κ3) is 3.78. The topological polar surface area (TPSA) is 72.3 Å². The molecule has 1 N–H and O–H groups in total. The second-order valence-electron chi connectivity index (χ2n) is 4.34. The Hall–Kier alpha value is -1.47. The molecule has 0 radical (unpaired) electrons. The third-order valence-corrected chi connectivity index (χ3v) is 2.96. The van der Waals surface area contributed by atoms with E-state index in [1.807, 2.05) is 6.92 Å². The van der Waals surface area contributed by atoms with Crippen molar-refractivity contribution in [3.05, 3.63) is 11.9 Å². The third-order valence-electron chi connectivity index (χ3n) is 2.96. The van der Waals surface area contributed by atoms with Gasteiger partial charge in [0.2, 0.25) is 5.91 Å². The molecule has 1 aromatic rings. The lowest BCUT2D eigenvalue weighted by Crippen LogP contribution is -2.41. The maximum absolute atomic E-state index is 11.7. The molecule has 7 heteroatoms. The fourth-order valence-electron chi connectivity index (χ4n) is 1.84. The van der Waals surface area contributed by atoms with Gasteiger partial charge in [0, 0.05) is 26.2 Å². The van der Waals surface area contributed by atoms with Crippen molar-refractivity contribution in [1.29, 1.82) is 0 Å². The van der Waals surface area contributed by atoms with Gasteiger partial charge in [0.05, 0.1) is 25.1 Å². The van der Waals surface area contributed by atoms with Crippen LogP contribution in [0.5, 0.6) is 0 Å². The van der Waals surface area contributed by atoms with Crippen LogP contribution >= 0.6 is 0 Å². The van der Waals surface area contributed by atoms with Crippen LogP contribution < -0.4 is 5.32 Å². The number of nitrogens with zero attached hydrogens (tertiary/aromatic N) is 4. The molecular weight excluding hydrogens is 234 g/mol. The number of aromatic nitrogens is 3. The van der Waals surface area contributed by atoms with Crippen molar-refractivity contribution in [2.24, 2.45) is 0 Å². The molecule has 0 aromatic carbocycles. The highest BCUT2D eigenvalue weighted by Gasteiger charge is 2.10. The Labute approximate surface area is 106 Å². The summed E-state index contributed by atoms with van der Waals surface area (Å²) in [6.45, 7) is 7.09. The van der Waals surface area contributed by atoms with Crippen molar-refractivity contribution in [3.8, 4) is 0 Å². The first-order chi connectivity index (χ1) is 8.75. The van der Waals surface area contributed by atoms with Crippen LogP contribution in [0.3, 0.4) is 0 Å². The normalized spacial score (nSPS) is 16.7. The molecule has 1 saturated heterocycles. The zero-order valence-corrected chi connectivity index (χ0v) is 10.6. The minimum atomic E-state index is -0.0307. The van der Waals surface area contributed by atoms with Gasteiger partial charge in [0.25, 0.3) is 0 Å². The zero-order chi connectivity index (χ0) is 12.8. The van der Waals surface area contributed by atoms with E-state index >= 15 is 0 Å². The number of carbonyl (C=O) groups excluding carboxylic acids is 1. The zero-order valence-electron chi connectivity index (χ0n) is 10.6. The molecule has 1 aliphatic heterocycles. The van der Waals surface area contributed by atoms with Crippen LogP contribution in [0, 0.1) is 6.92 Å². The van der Waals surface area contributed by atoms with E-state index in [4.69, 9.17) is 4.74 Å². The van der Waals surface area contributed by atoms with E-state index in [9.17, 15) is 4.79 Å². The minimum absolute atomic E-state index is 0.0307. The van der Waals surface area contributed by atoms with Gasteiger partial charge in [-0.3, -0.25) is 9.69 Å². The van der Waals surface area contributed by atoms with E-state index in [1.54, 1.807) is 10.9 Å². The molecule has 1 aliphatic rings. The Morgan fingerprint density at radius 1 is 1.50 bits per heavy atom. The first-order valence-electron chi connectivity index (χ1n) is 6.17. The fourth-order valence-corrected chi connectivity index (χ4v) is 1.84. The second-order valence-corrected chi connectivity index (χ2v) is 4.34. The van der Waals surface area contributed by atoms with Gasteiger partial charge >= 0.3 is 0 Å². The molecule has 0 spiro atoms. The highest BCUT2D eigenvalue weighted by Crippen LogP contribution is 1.95.